The number of amides is 1. The van der Waals surface area contributed by atoms with E-state index in [1.165, 1.54) is 11.8 Å². The number of nitrogens with one attached hydrogen (secondary N) is 3. The molecule has 1 aromatic heterocycles. The maximum Gasteiger partial charge on any atom is 0.486 e. The number of carbonyl (C=O) groups excluding carboxylic acids is 1. The van der Waals surface area contributed by atoms with Crippen LogP contribution < -0.4 is 14.9 Å². The Morgan fingerprint density at radius 3 is 2.64 bits per heavy atom. The molecule has 0 bridgehead atoms. The van der Waals surface area contributed by atoms with E-state index >= 15 is 0 Å². The van der Waals surface area contributed by atoms with E-state index in [9.17, 15) is 9.36 Å². The van der Waals surface area contributed by atoms with Gasteiger partial charge in [0, 0.05) is 34.2 Å². The van der Waals surface area contributed by atoms with E-state index in [1.807, 2.05) is 48.5 Å². The predicted molar refractivity (Wildman–Crippen MR) is 154 cm³/mol. The molecule has 3 N–H and O–H groups in total. The van der Waals surface area contributed by atoms with Crippen molar-refractivity contribution >= 4 is 42.9 Å². The van der Waals surface area contributed by atoms with E-state index < -0.39 is 7.75 Å². The van der Waals surface area contributed by atoms with Crippen LogP contribution >= 0.6 is 19.5 Å². The molecule has 1 atom stereocenters. The van der Waals surface area contributed by atoms with Crippen LogP contribution in [-0.2, 0) is 15.7 Å². The summed E-state index contributed by atoms with van der Waals surface area (Å²) in [7, 11) is -2.21. The van der Waals surface area contributed by atoms with Gasteiger partial charge in [-0.05, 0) is 60.7 Å². The monoisotopic (exact) mass is 556 g/mol. The van der Waals surface area contributed by atoms with E-state index in [-0.39, 0.29) is 18.2 Å². The summed E-state index contributed by atoms with van der Waals surface area (Å²) in [6.45, 7) is 0.126. The van der Waals surface area contributed by atoms with Gasteiger partial charge in [0.05, 0.1) is 29.3 Å². The fraction of sp³-hybridized carbons (Fsp3) is 0.0690. The fourth-order valence-electron chi connectivity index (χ4n) is 3.88. The summed E-state index contributed by atoms with van der Waals surface area (Å²) in [5, 5.41) is 14.4. The number of pyridine rings is 1. The average Bonchev–Trinajstić information content (AvgIpc) is 2.96. The van der Waals surface area contributed by atoms with Gasteiger partial charge >= 0.3 is 7.75 Å². The molecule has 0 aliphatic carbocycles. The summed E-state index contributed by atoms with van der Waals surface area (Å²) < 4.78 is 25.1. The van der Waals surface area contributed by atoms with Gasteiger partial charge in [-0.1, -0.05) is 48.2 Å². The Kier molecular flexibility index (Phi) is 7.93. The van der Waals surface area contributed by atoms with Crippen LogP contribution in [0.4, 0.5) is 5.69 Å². The lowest BCUT2D eigenvalue weighted by atomic mass is 10.1. The Labute approximate surface area is 230 Å². The van der Waals surface area contributed by atoms with Crippen molar-refractivity contribution < 1.29 is 18.4 Å². The fourth-order valence-corrected chi connectivity index (χ4v) is 6.25. The van der Waals surface area contributed by atoms with Gasteiger partial charge in [0.1, 0.15) is 5.75 Å². The van der Waals surface area contributed by atoms with Crippen LogP contribution in [0.1, 0.15) is 27.2 Å². The molecule has 196 valence electrons. The largest absolute Gasteiger partial charge is 0.486 e. The van der Waals surface area contributed by atoms with Gasteiger partial charge in [-0.25, -0.2) is 4.57 Å². The highest BCUT2D eigenvalue weighted by Gasteiger charge is 2.33. The normalized spacial score (nSPS) is 16.2. The van der Waals surface area contributed by atoms with Crippen LogP contribution in [0.25, 0.3) is 6.08 Å². The minimum Gasteiger partial charge on any atom is -0.409 e. The van der Waals surface area contributed by atoms with Crippen molar-refractivity contribution in [3.8, 4) is 5.75 Å². The zero-order valence-corrected chi connectivity index (χ0v) is 22.7. The van der Waals surface area contributed by atoms with Crippen molar-refractivity contribution in [1.82, 2.24) is 10.3 Å². The standard InChI is InChI=1S/C29H25N4O4PS/c1-31-29(34)24-10-3-5-12-28(24)39-22-14-15-23(25(30)16-13-21-9-6-7-17-32-21)26(18-22)33-38(35)36-19-20-8-2-4-11-27(20)37-38/h2-18,30H,19H2,1H3,(H,31,34)(H,33,35)/b16-13+,30-25?. The van der Waals surface area contributed by atoms with Crippen molar-refractivity contribution in [2.24, 2.45) is 0 Å². The number of benzene rings is 3. The number of allylic oxidation sites excluding steroid dienone is 1. The molecule has 4 aromatic rings. The Morgan fingerprint density at radius 1 is 1.03 bits per heavy atom. The average molecular weight is 557 g/mol. The molecule has 0 fully saturated rings. The third-order valence-corrected chi connectivity index (χ3v) is 8.30. The number of hydrogen-bond donors (Lipinski definition) is 3. The first kappa shape index (κ1) is 26.4. The minimum absolute atomic E-state index is 0.126. The van der Waals surface area contributed by atoms with Crippen LogP contribution in [0, 0.1) is 5.41 Å². The molecule has 2 heterocycles. The number of carbonyl (C=O) groups is 1. The summed E-state index contributed by atoms with van der Waals surface area (Å²) in [6, 6.07) is 25.5. The molecule has 0 spiro atoms. The lowest BCUT2D eigenvalue weighted by Gasteiger charge is -2.27. The molecule has 8 nitrogen and oxygen atoms in total. The molecule has 5 rings (SSSR count). The number of rotatable bonds is 8. The topological polar surface area (TPSA) is 113 Å². The van der Waals surface area contributed by atoms with Crippen molar-refractivity contribution in [3.63, 3.8) is 0 Å². The summed E-state index contributed by atoms with van der Waals surface area (Å²) in [5.41, 5.74) is 3.11. The number of hydrogen-bond acceptors (Lipinski definition) is 7. The van der Waals surface area contributed by atoms with E-state index in [4.69, 9.17) is 14.5 Å². The van der Waals surface area contributed by atoms with Crippen molar-refractivity contribution in [2.75, 3.05) is 12.1 Å². The molecule has 3 aromatic carbocycles. The zero-order chi connectivity index (χ0) is 27.2. The van der Waals surface area contributed by atoms with E-state index in [0.717, 1.165) is 15.4 Å². The van der Waals surface area contributed by atoms with E-state index in [2.05, 4.69) is 15.4 Å². The lowest BCUT2D eigenvalue weighted by molar-refractivity contribution is 0.0960. The maximum atomic E-state index is 13.7. The van der Waals surface area contributed by atoms with Gasteiger partial charge < -0.3 is 15.2 Å². The summed E-state index contributed by atoms with van der Waals surface area (Å²) >= 11 is 1.38. The zero-order valence-electron chi connectivity index (χ0n) is 21.0. The smallest absolute Gasteiger partial charge is 0.409 e. The molecular formula is C29H25N4O4PS. The van der Waals surface area contributed by atoms with Gasteiger partial charge in [-0.15, -0.1) is 0 Å². The number of fused-ring (bicyclic) bond motifs is 1. The number of para-hydroxylation sites is 1. The highest BCUT2D eigenvalue weighted by Crippen LogP contribution is 2.53. The lowest BCUT2D eigenvalue weighted by Crippen LogP contribution is -2.18. The Balaban J connectivity index is 1.49. The number of aromatic nitrogens is 1. The predicted octanol–water partition coefficient (Wildman–Crippen LogP) is 6.80. The van der Waals surface area contributed by atoms with Gasteiger partial charge in [0.15, 0.2) is 0 Å². The van der Waals surface area contributed by atoms with Crippen LogP contribution in [-0.4, -0.2) is 23.7 Å². The Morgan fingerprint density at radius 2 is 1.82 bits per heavy atom. The van der Waals surface area contributed by atoms with Gasteiger partial charge in [-0.3, -0.25) is 19.4 Å². The summed E-state index contributed by atoms with van der Waals surface area (Å²) in [5.74, 6) is 0.290. The van der Waals surface area contributed by atoms with Crippen LogP contribution in [0.5, 0.6) is 5.75 Å². The molecule has 1 aliphatic rings. The van der Waals surface area contributed by atoms with Crippen LogP contribution in [0.3, 0.4) is 0 Å². The third-order valence-electron chi connectivity index (χ3n) is 5.81. The molecule has 1 aliphatic heterocycles. The highest BCUT2D eigenvalue weighted by atomic mass is 32.2. The van der Waals surface area contributed by atoms with Crippen molar-refractivity contribution in [3.05, 3.63) is 120 Å². The van der Waals surface area contributed by atoms with E-state index in [1.54, 1.807) is 61.8 Å². The molecular weight excluding hydrogens is 531 g/mol. The van der Waals surface area contributed by atoms with Gasteiger partial charge in [0.2, 0.25) is 0 Å². The molecule has 1 amide bonds. The van der Waals surface area contributed by atoms with Crippen LogP contribution in [0.2, 0.25) is 0 Å². The third kappa shape index (κ3) is 6.29. The first-order valence-corrected chi connectivity index (χ1v) is 14.4. The first-order valence-electron chi connectivity index (χ1n) is 12.1. The number of nitrogens with zero attached hydrogens (tertiary/aromatic N) is 1. The highest BCUT2D eigenvalue weighted by molar-refractivity contribution is 7.99. The Hall–Kier alpha value is -4.17. The molecule has 0 saturated carbocycles. The summed E-state index contributed by atoms with van der Waals surface area (Å²) in [6.07, 6.45) is 5.05. The second-order valence-electron chi connectivity index (χ2n) is 8.47. The SMILES string of the molecule is CNC(=O)c1ccccc1Sc1ccc(C(=N)/C=C/c2ccccn2)c(NP2(=O)OCc3ccccc3O2)c1. The molecule has 0 radical (unpaired) electrons. The molecule has 1 unspecified atom stereocenters. The summed E-state index contributed by atoms with van der Waals surface area (Å²) in [4.78, 5) is 18.2. The Bertz CT molecular complexity index is 1610. The van der Waals surface area contributed by atoms with Gasteiger partial charge in [0.25, 0.3) is 5.91 Å². The van der Waals surface area contributed by atoms with Crippen LogP contribution in [0.15, 0.2) is 107 Å². The first-order chi connectivity index (χ1) is 18.9. The number of anilines is 1. The molecule has 10 heteroatoms. The van der Waals surface area contributed by atoms with Gasteiger partial charge in [-0.2, -0.15) is 0 Å². The minimum atomic E-state index is -3.80. The second kappa shape index (κ2) is 11.7. The molecule has 39 heavy (non-hydrogen) atoms. The maximum absolute atomic E-state index is 13.7. The second-order valence-corrected chi connectivity index (χ2v) is 11.2. The quantitative estimate of drug-likeness (QED) is 0.162. The van der Waals surface area contributed by atoms with Crippen molar-refractivity contribution in [2.45, 2.75) is 16.4 Å². The van der Waals surface area contributed by atoms with Crippen molar-refractivity contribution in [1.29, 1.82) is 5.41 Å². The van der Waals surface area contributed by atoms with E-state index in [0.29, 0.717) is 28.3 Å². The molecule has 0 saturated heterocycles.